The third kappa shape index (κ3) is 4.27. The molecule has 0 heterocycles. The maximum Gasteiger partial charge on any atom is 0.0724 e. The van der Waals surface area contributed by atoms with Crippen LogP contribution >= 0.6 is 0 Å². The molecule has 0 atom stereocenters. The van der Waals surface area contributed by atoms with Gasteiger partial charge in [0.2, 0.25) is 0 Å². The van der Waals surface area contributed by atoms with E-state index in [2.05, 4.69) is 4.99 Å². The molecule has 0 aromatic carbocycles. The zero-order chi connectivity index (χ0) is 7.82. The minimum absolute atomic E-state index is 0.653. The van der Waals surface area contributed by atoms with Gasteiger partial charge in [-0.25, -0.2) is 0 Å². The van der Waals surface area contributed by atoms with Crippen LogP contribution in [0.5, 0.6) is 0 Å². The van der Waals surface area contributed by atoms with Gasteiger partial charge in [0.25, 0.3) is 0 Å². The molecule has 0 rings (SSSR count). The van der Waals surface area contributed by atoms with Gasteiger partial charge in [0.05, 0.1) is 6.61 Å². The lowest BCUT2D eigenvalue weighted by Gasteiger charge is -1.96. The predicted molar refractivity (Wildman–Crippen MR) is 44.7 cm³/mol. The highest BCUT2D eigenvalue weighted by atomic mass is 16.5. The first-order chi connectivity index (χ1) is 4.85. The fourth-order valence-electron chi connectivity index (χ4n) is 0.570. The molecule has 0 bridgehead atoms. The largest absolute Gasteiger partial charge is 0.380 e. The molecule has 0 radical (unpaired) electrons. The predicted octanol–water partition coefficient (Wildman–Crippen LogP) is 1.67. The molecule has 2 nitrogen and oxygen atoms in total. The van der Waals surface area contributed by atoms with Crippen molar-refractivity contribution in [2.24, 2.45) is 4.99 Å². The lowest BCUT2D eigenvalue weighted by Crippen LogP contribution is -1.95. The fourth-order valence-corrected chi connectivity index (χ4v) is 0.570. The van der Waals surface area contributed by atoms with Gasteiger partial charge in [-0.2, -0.15) is 0 Å². The SMILES string of the molecule is C/C=C(\C=NCC)COC. The summed E-state index contributed by atoms with van der Waals surface area (Å²) in [5.41, 5.74) is 1.13. The maximum atomic E-state index is 4.93. The molecule has 0 amide bonds. The topological polar surface area (TPSA) is 21.6 Å². The standard InChI is InChI=1S/C8H15NO/c1-4-8(7-10-3)6-9-5-2/h4,6H,5,7H2,1-3H3/b8-4+,9-6?. The second kappa shape index (κ2) is 6.49. The molecule has 0 N–H and O–H groups in total. The number of aliphatic imine (C=N–C) groups is 1. The summed E-state index contributed by atoms with van der Waals surface area (Å²) in [6.07, 6.45) is 3.85. The van der Waals surface area contributed by atoms with E-state index in [1.165, 1.54) is 0 Å². The summed E-state index contributed by atoms with van der Waals surface area (Å²) in [7, 11) is 1.68. The van der Waals surface area contributed by atoms with Crippen LogP contribution in [0.1, 0.15) is 13.8 Å². The Hall–Kier alpha value is -0.630. The fraction of sp³-hybridized carbons (Fsp3) is 0.625. The van der Waals surface area contributed by atoms with Crippen LogP contribution in [0.4, 0.5) is 0 Å². The van der Waals surface area contributed by atoms with Crippen molar-refractivity contribution < 1.29 is 4.74 Å². The highest BCUT2D eigenvalue weighted by Gasteiger charge is 1.86. The Balaban J connectivity index is 3.72. The number of hydrogen-bond acceptors (Lipinski definition) is 2. The van der Waals surface area contributed by atoms with Crippen molar-refractivity contribution in [1.82, 2.24) is 0 Å². The quantitative estimate of drug-likeness (QED) is 0.546. The molecule has 0 aromatic heterocycles. The summed E-state index contributed by atoms with van der Waals surface area (Å²) in [5.74, 6) is 0. The Bertz CT molecular complexity index is 127. The molecule has 0 fully saturated rings. The summed E-state index contributed by atoms with van der Waals surface area (Å²) < 4.78 is 4.93. The highest BCUT2D eigenvalue weighted by Crippen LogP contribution is 1.89. The van der Waals surface area contributed by atoms with E-state index < -0.39 is 0 Å². The Labute approximate surface area is 62.6 Å². The molecule has 58 valence electrons. The average Bonchev–Trinajstić information content (AvgIpc) is 1.98. The first kappa shape index (κ1) is 9.37. The van der Waals surface area contributed by atoms with Crippen molar-refractivity contribution in [2.45, 2.75) is 13.8 Å². The van der Waals surface area contributed by atoms with Crippen LogP contribution in [0.3, 0.4) is 0 Å². The summed E-state index contributed by atoms with van der Waals surface area (Å²) in [5, 5.41) is 0. The Kier molecular flexibility index (Phi) is 6.08. The molecular formula is C8H15NO. The van der Waals surface area contributed by atoms with Crippen LogP contribution < -0.4 is 0 Å². The van der Waals surface area contributed by atoms with E-state index >= 15 is 0 Å². The van der Waals surface area contributed by atoms with Crippen molar-refractivity contribution in [3.05, 3.63) is 11.6 Å². The molecule has 0 unspecified atom stereocenters. The molecule has 0 aliphatic rings. The van der Waals surface area contributed by atoms with E-state index in [-0.39, 0.29) is 0 Å². The van der Waals surface area contributed by atoms with Gasteiger partial charge in [0.1, 0.15) is 0 Å². The van der Waals surface area contributed by atoms with Crippen LogP contribution in [-0.2, 0) is 4.74 Å². The van der Waals surface area contributed by atoms with Crippen molar-refractivity contribution in [3.8, 4) is 0 Å². The van der Waals surface area contributed by atoms with Crippen molar-refractivity contribution in [3.63, 3.8) is 0 Å². The monoisotopic (exact) mass is 141 g/mol. The number of allylic oxidation sites excluding steroid dienone is 1. The van der Waals surface area contributed by atoms with Gasteiger partial charge in [-0.1, -0.05) is 6.08 Å². The van der Waals surface area contributed by atoms with Crippen LogP contribution in [0.25, 0.3) is 0 Å². The molecule has 0 aliphatic heterocycles. The summed E-state index contributed by atoms with van der Waals surface area (Å²) >= 11 is 0. The molecule has 0 aliphatic carbocycles. The van der Waals surface area contributed by atoms with Crippen LogP contribution in [0.15, 0.2) is 16.6 Å². The van der Waals surface area contributed by atoms with Crippen LogP contribution in [0, 0.1) is 0 Å². The number of methoxy groups -OCH3 is 1. The molecule has 0 saturated heterocycles. The smallest absolute Gasteiger partial charge is 0.0724 e. The van der Waals surface area contributed by atoms with Gasteiger partial charge in [-0.3, -0.25) is 4.99 Å². The van der Waals surface area contributed by atoms with Gasteiger partial charge in [0.15, 0.2) is 0 Å². The first-order valence-corrected chi connectivity index (χ1v) is 3.49. The van der Waals surface area contributed by atoms with Gasteiger partial charge < -0.3 is 4.74 Å². The second-order valence-electron chi connectivity index (χ2n) is 1.92. The minimum Gasteiger partial charge on any atom is -0.380 e. The third-order valence-electron chi connectivity index (χ3n) is 1.12. The average molecular weight is 141 g/mol. The molecular weight excluding hydrogens is 126 g/mol. The van der Waals surface area contributed by atoms with E-state index in [4.69, 9.17) is 4.74 Å². The summed E-state index contributed by atoms with van der Waals surface area (Å²) in [6.45, 7) is 5.48. The molecule has 0 spiro atoms. The van der Waals surface area contributed by atoms with Gasteiger partial charge >= 0.3 is 0 Å². The Morgan fingerprint density at radius 1 is 1.60 bits per heavy atom. The third-order valence-corrected chi connectivity index (χ3v) is 1.12. The molecule has 10 heavy (non-hydrogen) atoms. The number of hydrogen-bond donors (Lipinski definition) is 0. The Morgan fingerprint density at radius 3 is 2.70 bits per heavy atom. The second-order valence-corrected chi connectivity index (χ2v) is 1.92. The number of rotatable bonds is 4. The van der Waals surface area contributed by atoms with Crippen LogP contribution in [-0.4, -0.2) is 26.5 Å². The van der Waals surface area contributed by atoms with E-state index in [1.54, 1.807) is 7.11 Å². The van der Waals surface area contributed by atoms with Crippen molar-refractivity contribution >= 4 is 6.21 Å². The summed E-state index contributed by atoms with van der Waals surface area (Å²) in [6, 6.07) is 0. The van der Waals surface area contributed by atoms with Gasteiger partial charge in [-0.05, 0) is 19.4 Å². The minimum atomic E-state index is 0.653. The zero-order valence-electron chi connectivity index (χ0n) is 6.92. The van der Waals surface area contributed by atoms with E-state index in [0.717, 1.165) is 12.1 Å². The van der Waals surface area contributed by atoms with Gasteiger partial charge in [-0.15, -0.1) is 0 Å². The number of nitrogens with zero attached hydrogens (tertiary/aromatic N) is 1. The van der Waals surface area contributed by atoms with Crippen LogP contribution in [0.2, 0.25) is 0 Å². The lowest BCUT2D eigenvalue weighted by molar-refractivity contribution is 0.230. The molecule has 0 aromatic rings. The lowest BCUT2D eigenvalue weighted by atomic mass is 10.3. The highest BCUT2D eigenvalue weighted by molar-refractivity contribution is 5.78. The number of ether oxygens (including phenoxy) is 1. The molecule has 0 saturated carbocycles. The van der Waals surface area contributed by atoms with Gasteiger partial charge in [0, 0.05) is 19.9 Å². The summed E-state index contributed by atoms with van der Waals surface area (Å²) in [4.78, 5) is 4.09. The van der Waals surface area contributed by atoms with E-state index in [0.29, 0.717) is 6.61 Å². The Morgan fingerprint density at radius 2 is 2.30 bits per heavy atom. The van der Waals surface area contributed by atoms with Crippen molar-refractivity contribution in [1.29, 1.82) is 0 Å². The molecule has 2 heteroatoms. The van der Waals surface area contributed by atoms with Crippen molar-refractivity contribution in [2.75, 3.05) is 20.3 Å². The zero-order valence-corrected chi connectivity index (χ0v) is 6.92. The normalized spacial score (nSPS) is 12.9. The van der Waals surface area contributed by atoms with E-state index in [9.17, 15) is 0 Å². The maximum absolute atomic E-state index is 4.93. The van der Waals surface area contributed by atoms with E-state index in [1.807, 2.05) is 26.1 Å². The first-order valence-electron chi connectivity index (χ1n) is 3.49.